The standard InChI is InChI=1S/C15H20BrFO/c1-11-4-3-8-15(18,9-7-11)10-12-5-2-6-13(17)14(12)16/h2,5-6,11,18H,3-4,7-10H2,1H3. The third-order valence-corrected chi connectivity index (χ3v) is 4.88. The highest BCUT2D eigenvalue weighted by atomic mass is 79.9. The molecule has 0 bridgehead atoms. The van der Waals surface area contributed by atoms with Crippen LogP contribution in [0.15, 0.2) is 22.7 Å². The van der Waals surface area contributed by atoms with E-state index in [4.69, 9.17) is 0 Å². The van der Waals surface area contributed by atoms with Crippen LogP contribution in [0.1, 0.15) is 44.6 Å². The fraction of sp³-hybridized carbons (Fsp3) is 0.600. The summed E-state index contributed by atoms with van der Waals surface area (Å²) in [7, 11) is 0. The molecule has 1 aromatic carbocycles. The first kappa shape index (κ1) is 14.0. The highest BCUT2D eigenvalue weighted by Crippen LogP contribution is 2.34. The van der Waals surface area contributed by atoms with E-state index in [2.05, 4.69) is 22.9 Å². The van der Waals surface area contributed by atoms with Gasteiger partial charge in [0.1, 0.15) is 5.82 Å². The fourth-order valence-electron chi connectivity index (χ4n) is 2.78. The molecular weight excluding hydrogens is 295 g/mol. The van der Waals surface area contributed by atoms with Crippen molar-refractivity contribution in [2.45, 2.75) is 51.0 Å². The normalized spacial score (nSPS) is 29.0. The first-order valence-electron chi connectivity index (χ1n) is 6.65. The Morgan fingerprint density at radius 2 is 2.17 bits per heavy atom. The van der Waals surface area contributed by atoms with Gasteiger partial charge in [0.05, 0.1) is 10.1 Å². The van der Waals surface area contributed by atoms with Gasteiger partial charge in [0.25, 0.3) is 0 Å². The van der Waals surface area contributed by atoms with E-state index in [1.807, 2.05) is 6.07 Å². The SMILES string of the molecule is CC1CCCC(O)(Cc2cccc(F)c2Br)CC1. The summed E-state index contributed by atoms with van der Waals surface area (Å²) in [6, 6.07) is 5.03. The average Bonchev–Trinajstić information content (AvgIpc) is 2.48. The van der Waals surface area contributed by atoms with Gasteiger partial charge in [0.15, 0.2) is 0 Å². The monoisotopic (exact) mass is 314 g/mol. The Labute approximate surface area is 117 Å². The van der Waals surface area contributed by atoms with Gasteiger partial charge in [-0.05, 0) is 52.7 Å². The molecule has 18 heavy (non-hydrogen) atoms. The Hall–Kier alpha value is -0.410. The molecule has 3 heteroatoms. The predicted octanol–water partition coefficient (Wildman–Crippen LogP) is 4.46. The lowest BCUT2D eigenvalue weighted by Gasteiger charge is -2.27. The molecule has 1 saturated carbocycles. The summed E-state index contributed by atoms with van der Waals surface area (Å²) in [5.74, 6) is 0.438. The minimum absolute atomic E-state index is 0.252. The molecule has 0 radical (unpaired) electrons. The lowest BCUT2D eigenvalue weighted by Crippen LogP contribution is -2.30. The van der Waals surface area contributed by atoms with Crippen molar-refractivity contribution in [1.29, 1.82) is 0 Å². The van der Waals surface area contributed by atoms with Crippen LogP contribution < -0.4 is 0 Å². The van der Waals surface area contributed by atoms with Crippen molar-refractivity contribution < 1.29 is 9.50 Å². The molecular formula is C15H20BrFO. The molecule has 100 valence electrons. The predicted molar refractivity (Wildman–Crippen MR) is 75.0 cm³/mol. The molecule has 2 rings (SSSR count). The smallest absolute Gasteiger partial charge is 0.137 e. The fourth-order valence-corrected chi connectivity index (χ4v) is 3.18. The van der Waals surface area contributed by atoms with E-state index in [0.29, 0.717) is 16.8 Å². The van der Waals surface area contributed by atoms with E-state index in [1.54, 1.807) is 6.07 Å². The van der Waals surface area contributed by atoms with Crippen LogP contribution in [0.25, 0.3) is 0 Å². The van der Waals surface area contributed by atoms with E-state index >= 15 is 0 Å². The van der Waals surface area contributed by atoms with E-state index in [9.17, 15) is 9.50 Å². The van der Waals surface area contributed by atoms with Crippen molar-refractivity contribution in [1.82, 2.24) is 0 Å². The van der Waals surface area contributed by atoms with Crippen LogP contribution in [-0.2, 0) is 6.42 Å². The van der Waals surface area contributed by atoms with Gasteiger partial charge in [-0.3, -0.25) is 0 Å². The Morgan fingerprint density at radius 1 is 1.39 bits per heavy atom. The second-order valence-corrected chi connectivity index (χ2v) is 6.44. The minimum Gasteiger partial charge on any atom is -0.390 e. The van der Waals surface area contributed by atoms with Crippen LogP contribution in [-0.4, -0.2) is 10.7 Å². The summed E-state index contributed by atoms with van der Waals surface area (Å²) < 4.78 is 14.0. The first-order valence-corrected chi connectivity index (χ1v) is 7.45. The van der Waals surface area contributed by atoms with Gasteiger partial charge in [-0.2, -0.15) is 0 Å². The van der Waals surface area contributed by atoms with Gasteiger partial charge in [-0.25, -0.2) is 4.39 Å². The van der Waals surface area contributed by atoms with Crippen molar-refractivity contribution in [3.8, 4) is 0 Å². The molecule has 1 nitrogen and oxygen atoms in total. The van der Waals surface area contributed by atoms with Gasteiger partial charge < -0.3 is 5.11 Å². The molecule has 1 aliphatic rings. The zero-order chi connectivity index (χ0) is 13.2. The lowest BCUT2D eigenvalue weighted by atomic mass is 9.87. The lowest BCUT2D eigenvalue weighted by molar-refractivity contribution is 0.0242. The summed E-state index contributed by atoms with van der Waals surface area (Å²) in [4.78, 5) is 0. The summed E-state index contributed by atoms with van der Waals surface area (Å²) in [6.07, 6.45) is 5.48. The Balaban J connectivity index is 2.14. The maximum Gasteiger partial charge on any atom is 0.137 e. The number of rotatable bonds is 2. The van der Waals surface area contributed by atoms with E-state index in [-0.39, 0.29) is 5.82 Å². The molecule has 0 spiro atoms. The van der Waals surface area contributed by atoms with Crippen LogP contribution in [0.2, 0.25) is 0 Å². The summed E-state index contributed by atoms with van der Waals surface area (Å²) in [5, 5.41) is 10.7. The Kier molecular flexibility index (Phi) is 4.44. The van der Waals surface area contributed by atoms with E-state index < -0.39 is 5.60 Å². The van der Waals surface area contributed by atoms with Gasteiger partial charge >= 0.3 is 0 Å². The Morgan fingerprint density at radius 3 is 2.94 bits per heavy atom. The van der Waals surface area contributed by atoms with Gasteiger partial charge in [-0.15, -0.1) is 0 Å². The second kappa shape index (κ2) is 5.70. The molecule has 1 N–H and O–H groups in total. The Bertz CT molecular complexity index is 421. The molecule has 1 aliphatic carbocycles. The summed E-state index contributed by atoms with van der Waals surface area (Å²) >= 11 is 3.28. The highest BCUT2D eigenvalue weighted by Gasteiger charge is 2.30. The zero-order valence-corrected chi connectivity index (χ0v) is 12.3. The van der Waals surface area contributed by atoms with Crippen LogP contribution in [0.5, 0.6) is 0 Å². The largest absolute Gasteiger partial charge is 0.390 e. The van der Waals surface area contributed by atoms with Crippen molar-refractivity contribution in [2.24, 2.45) is 5.92 Å². The summed E-state index contributed by atoms with van der Waals surface area (Å²) in [5.41, 5.74) is 0.202. The highest BCUT2D eigenvalue weighted by molar-refractivity contribution is 9.10. The van der Waals surface area contributed by atoms with E-state index in [0.717, 1.165) is 31.2 Å². The maximum absolute atomic E-state index is 13.5. The molecule has 2 unspecified atom stereocenters. The second-order valence-electron chi connectivity index (χ2n) is 5.65. The molecule has 0 aromatic heterocycles. The molecule has 1 fully saturated rings. The topological polar surface area (TPSA) is 20.2 Å². The number of aliphatic hydroxyl groups is 1. The minimum atomic E-state index is -0.666. The van der Waals surface area contributed by atoms with Crippen molar-refractivity contribution in [3.63, 3.8) is 0 Å². The molecule has 0 heterocycles. The van der Waals surface area contributed by atoms with Crippen molar-refractivity contribution in [3.05, 3.63) is 34.1 Å². The van der Waals surface area contributed by atoms with Crippen LogP contribution in [0.4, 0.5) is 4.39 Å². The first-order chi connectivity index (χ1) is 8.50. The summed E-state index contributed by atoms with van der Waals surface area (Å²) in [6.45, 7) is 2.24. The molecule has 0 aliphatic heterocycles. The number of hydrogen-bond donors (Lipinski definition) is 1. The van der Waals surface area contributed by atoms with E-state index in [1.165, 1.54) is 12.5 Å². The maximum atomic E-state index is 13.5. The van der Waals surface area contributed by atoms with Crippen LogP contribution in [0.3, 0.4) is 0 Å². The quantitative estimate of drug-likeness (QED) is 0.799. The number of hydrogen-bond acceptors (Lipinski definition) is 1. The van der Waals surface area contributed by atoms with Gasteiger partial charge in [-0.1, -0.05) is 31.9 Å². The third-order valence-electron chi connectivity index (χ3n) is 3.99. The van der Waals surface area contributed by atoms with Gasteiger partial charge in [0.2, 0.25) is 0 Å². The van der Waals surface area contributed by atoms with Gasteiger partial charge in [0, 0.05) is 6.42 Å². The molecule has 2 atom stereocenters. The average molecular weight is 315 g/mol. The zero-order valence-electron chi connectivity index (χ0n) is 10.8. The molecule has 0 amide bonds. The van der Waals surface area contributed by atoms with Crippen molar-refractivity contribution >= 4 is 15.9 Å². The van der Waals surface area contributed by atoms with Crippen molar-refractivity contribution in [2.75, 3.05) is 0 Å². The molecule has 0 saturated heterocycles. The number of benzene rings is 1. The number of halogens is 2. The third kappa shape index (κ3) is 3.33. The van der Waals surface area contributed by atoms with Crippen LogP contribution >= 0.6 is 15.9 Å². The van der Waals surface area contributed by atoms with Crippen LogP contribution in [0, 0.1) is 11.7 Å². The molecule has 1 aromatic rings.